The van der Waals surface area contributed by atoms with Gasteiger partial charge in [0.15, 0.2) is 0 Å². The van der Waals surface area contributed by atoms with E-state index in [1.165, 1.54) is 0 Å². The van der Waals surface area contributed by atoms with E-state index >= 15 is 0 Å². The van der Waals surface area contributed by atoms with Gasteiger partial charge in [0.25, 0.3) is 0 Å². The molecule has 1 aromatic heterocycles. The van der Waals surface area contributed by atoms with E-state index in [9.17, 15) is 4.79 Å². The molecule has 1 N–H and O–H groups in total. The van der Waals surface area contributed by atoms with Gasteiger partial charge in [-0.25, -0.2) is 4.98 Å². The van der Waals surface area contributed by atoms with Crippen LogP contribution in [0.25, 0.3) is 0 Å². The molecule has 1 aromatic rings. The highest BCUT2D eigenvalue weighted by Gasteiger charge is 2.10. The van der Waals surface area contributed by atoms with Gasteiger partial charge in [-0.1, -0.05) is 0 Å². The first-order chi connectivity index (χ1) is 8.00. The Morgan fingerprint density at radius 1 is 1.59 bits per heavy atom. The van der Waals surface area contributed by atoms with Crippen LogP contribution in [-0.4, -0.2) is 42.0 Å². The second-order valence-electron chi connectivity index (χ2n) is 4.38. The van der Waals surface area contributed by atoms with Gasteiger partial charge in [-0.3, -0.25) is 4.79 Å². The maximum absolute atomic E-state index is 11.6. The molecule has 4 nitrogen and oxygen atoms in total. The fourth-order valence-corrected chi connectivity index (χ4v) is 1.99. The molecule has 0 aliphatic heterocycles. The smallest absolute Gasteiger partial charge is 0.236 e. The second kappa shape index (κ2) is 6.71. The number of nitrogens with one attached hydrogen (secondary N) is 1. The Balaban J connectivity index is 2.18. The molecule has 0 aromatic carbocycles. The highest BCUT2D eigenvalue weighted by Crippen LogP contribution is 2.07. The van der Waals surface area contributed by atoms with Crippen LogP contribution in [0.15, 0.2) is 5.38 Å². The molecular formula is C12H21N3OS. The maximum Gasteiger partial charge on any atom is 0.236 e. The normalized spacial score (nSPS) is 10.9. The van der Waals surface area contributed by atoms with E-state index in [1.807, 2.05) is 27.8 Å². The molecule has 17 heavy (non-hydrogen) atoms. The van der Waals surface area contributed by atoms with Crippen LogP contribution in [0.4, 0.5) is 0 Å². The summed E-state index contributed by atoms with van der Waals surface area (Å²) in [5, 5.41) is 6.31. The largest absolute Gasteiger partial charge is 0.342 e. The number of hydrogen-bond acceptors (Lipinski definition) is 4. The summed E-state index contributed by atoms with van der Waals surface area (Å²) < 4.78 is 0. The Bertz CT molecular complexity index is 362. The SMILES string of the molecule is Cc1nc(CCNCC(=O)N(C)C(C)C)cs1. The Kier molecular flexibility index (Phi) is 5.58. The number of carbonyl (C=O) groups is 1. The van der Waals surface area contributed by atoms with Crippen molar-refractivity contribution in [1.82, 2.24) is 15.2 Å². The van der Waals surface area contributed by atoms with Crippen LogP contribution < -0.4 is 5.32 Å². The van der Waals surface area contributed by atoms with Crippen LogP contribution in [0.5, 0.6) is 0 Å². The zero-order valence-electron chi connectivity index (χ0n) is 11.0. The Morgan fingerprint density at radius 2 is 2.29 bits per heavy atom. The zero-order valence-corrected chi connectivity index (χ0v) is 11.8. The van der Waals surface area contributed by atoms with E-state index in [0.717, 1.165) is 23.7 Å². The summed E-state index contributed by atoms with van der Waals surface area (Å²) in [4.78, 5) is 17.8. The number of hydrogen-bond donors (Lipinski definition) is 1. The number of amides is 1. The lowest BCUT2D eigenvalue weighted by atomic mass is 10.3. The van der Waals surface area contributed by atoms with Gasteiger partial charge >= 0.3 is 0 Å². The average Bonchev–Trinajstić information content (AvgIpc) is 2.69. The molecule has 0 aliphatic rings. The van der Waals surface area contributed by atoms with Crippen LogP contribution in [0.2, 0.25) is 0 Å². The Labute approximate surface area is 107 Å². The van der Waals surface area contributed by atoms with Gasteiger partial charge in [0, 0.05) is 31.4 Å². The summed E-state index contributed by atoms with van der Waals surface area (Å²) in [5.74, 6) is 0.134. The highest BCUT2D eigenvalue weighted by atomic mass is 32.1. The van der Waals surface area contributed by atoms with Gasteiger partial charge in [-0.2, -0.15) is 0 Å². The number of aromatic nitrogens is 1. The predicted octanol–water partition coefficient (Wildman–Crippen LogP) is 1.45. The molecule has 5 heteroatoms. The monoisotopic (exact) mass is 255 g/mol. The lowest BCUT2D eigenvalue weighted by Crippen LogP contribution is -2.39. The summed E-state index contributed by atoms with van der Waals surface area (Å²) in [6.45, 7) is 7.22. The summed E-state index contributed by atoms with van der Waals surface area (Å²) in [5.41, 5.74) is 1.10. The van der Waals surface area contributed by atoms with Gasteiger partial charge < -0.3 is 10.2 Å². The first kappa shape index (κ1) is 14.1. The number of likely N-dealkylation sites (N-methyl/N-ethyl adjacent to an activating group) is 1. The summed E-state index contributed by atoms with van der Waals surface area (Å²) >= 11 is 1.66. The molecule has 0 fully saturated rings. The number of aryl methyl sites for hydroxylation is 1. The van der Waals surface area contributed by atoms with Crippen molar-refractivity contribution in [2.75, 3.05) is 20.1 Å². The Morgan fingerprint density at radius 3 is 2.82 bits per heavy atom. The molecule has 0 saturated heterocycles. The lowest BCUT2D eigenvalue weighted by molar-refractivity contribution is -0.130. The first-order valence-corrected chi connectivity index (χ1v) is 6.76. The van der Waals surface area contributed by atoms with Crippen LogP contribution in [0.1, 0.15) is 24.5 Å². The van der Waals surface area contributed by atoms with E-state index < -0.39 is 0 Å². The zero-order chi connectivity index (χ0) is 12.8. The van der Waals surface area contributed by atoms with Crippen molar-refractivity contribution in [2.45, 2.75) is 33.2 Å². The molecule has 1 heterocycles. The minimum Gasteiger partial charge on any atom is -0.342 e. The summed E-state index contributed by atoms with van der Waals surface area (Å²) in [6.07, 6.45) is 0.878. The van der Waals surface area contributed by atoms with Crippen molar-refractivity contribution in [3.05, 3.63) is 16.1 Å². The van der Waals surface area contributed by atoms with Crippen molar-refractivity contribution in [1.29, 1.82) is 0 Å². The molecule has 0 spiro atoms. The Hall–Kier alpha value is -0.940. The molecule has 1 amide bonds. The van der Waals surface area contributed by atoms with E-state index in [1.54, 1.807) is 16.2 Å². The summed E-state index contributed by atoms with van der Waals surface area (Å²) in [6, 6.07) is 0.255. The van der Waals surface area contributed by atoms with Crippen molar-refractivity contribution >= 4 is 17.2 Å². The first-order valence-electron chi connectivity index (χ1n) is 5.88. The van der Waals surface area contributed by atoms with Crippen LogP contribution in [0, 0.1) is 6.92 Å². The van der Waals surface area contributed by atoms with Gasteiger partial charge in [0.05, 0.1) is 17.2 Å². The molecule has 96 valence electrons. The van der Waals surface area contributed by atoms with Crippen molar-refractivity contribution in [3.63, 3.8) is 0 Å². The van der Waals surface area contributed by atoms with E-state index in [2.05, 4.69) is 15.7 Å². The topological polar surface area (TPSA) is 45.2 Å². The standard InChI is InChI=1S/C12H21N3OS/c1-9(2)15(4)12(16)7-13-6-5-11-8-17-10(3)14-11/h8-9,13H,5-7H2,1-4H3. The van der Waals surface area contributed by atoms with E-state index in [0.29, 0.717) is 6.54 Å². The molecule has 0 saturated carbocycles. The quantitative estimate of drug-likeness (QED) is 0.783. The minimum absolute atomic E-state index is 0.134. The molecule has 0 atom stereocenters. The van der Waals surface area contributed by atoms with Gasteiger partial charge in [0.1, 0.15) is 0 Å². The minimum atomic E-state index is 0.134. The molecule has 0 radical (unpaired) electrons. The molecule has 1 rings (SSSR count). The average molecular weight is 255 g/mol. The van der Waals surface area contributed by atoms with Crippen LogP contribution in [-0.2, 0) is 11.2 Å². The van der Waals surface area contributed by atoms with Crippen LogP contribution in [0.3, 0.4) is 0 Å². The fourth-order valence-electron chi connectivity index (χ4n) is 1.35. The molecular weight excluding hydrogens is 234 g/mol. The summed E-state index contributed by atoms with van der Waals surface area (Å²) in [7, 11) is 1.83. The van der Waals surface area contributed by atoms with Crippen molar-refractivity contribution in [2.24, 2.45) is 0 Å². The number of nitrogens with zero attached hydrogens (tertiary/aromatic N) is 2. The number of thiazole rings is 1. The molecule has 0 unspecified atom stereocenters. The van der Waals surface area contributed by atoms with Gasteiger partial charge in [-0.15, -0.1) is 11.3 Å². The number of carbonyl (C=O) groups excluding carboxylic acids is 1. The van der Waals surface area contributed by atoms with E-state index in [-0.39, 0.29) is 11.9 Å². The third kappa shape index (κ3) is 4.83. The van der Waals surface area contributed by atoms with E-state index in [4.69, 9.17) is 0 Å². The lowest BCUT2D eigenvalue weighted by Gasteiger charge is -2.21. The third-order valence-electron chi connectivity index (χ3n) is 2.67. The fraction of sp³-hybridized carbons (Fsp3) is 0.667. The van der Waals surface area contributed by atoms with Crippen molar-refractivity contribution in [3.8, 4) is 0 Å². The number of rotatable bonds is 6. The van der Waals surface area contributed by atoms with Crippen molar-refractivity contribution < 1.29 is 4.79 Å². The maximum atomic E-state index is 11.6. The third-order valence-corrected chi connectivity index (χ3v) is 3.49. The van der Waals surface area contributed by atoms with Gasteiger partial charge in [0.2, 0.25) is 5.91 Å². The molecule has 0 bridgehead atoms. The van der Waals surface area contributed by atoms with Crippen LogP contribution >= 0.6 is 11.3 Å². The second-order valence-corrected chi connectivity index (χ2v) is 5.45. The van der Waals surface area contributed by atoms with Gasteiger partial charge in [-0.05, 0) is 20.8 Å². The highest BCUT2D eigenvalue weighted by molar-refractivity contribution is 7.09. The predicted molar refractivity (Wildman–Crippen MR) is 71.3 cm³/mol. The molecule has 0 aliphatic carbocycles.